The number of hydrogen-bond donors (Lipinski definition) is 2. The minimum absolute atomic E-state index is 0.0262. The van der Waals surface area contributed by atoms with Gasteiger partial charge in [-0.05, 0) is 71.6 Å². The van der Waals surface area contributed by atoms with Gasteiger partial charge >= 0.3 is 0 Å². The van der Waals surface area contributed by atoms with Crippen molar-refractivity contribution in [3.63, 3.8) is 0 Å². The number of rotatable bonds is 11. The molecule has 8 nitrogen and oxygen atoms in total. The summed E-state index contributed by atoms with van der Waals surface area (Å²) in [6.45, 7) is 4.87. The van der Waals surface area contributed by atoms with E-state index in [4.69, 9.17) is 9.47 Å². The summed E-state index contributed by atoms with van der Waals surface area (Å²) < 4.78 is 13.5. The van der Waals surface area contributed by atoms with Crippen LogP contribution < -0.4 is 0 Å². The number of hydrogen-bond acceptors (Lipinski definition) is 7. The van der Waals surface area contributed by atoms with E-state index in [9.17, 15) is 19.8 Å². The van der Waals surface area contributed by atoms with E-state index < -0.39 is 12.4 Å². The predicted molar refractivity (Wildman–Crippen MR) is 199 cm³/mol. The summed E-state index contributed by atoms with van der Waals surface area (Å²) in [7, 11) is 2.01. The Balaban J connectivity index is 1.13. The molecule has 0 unspecified atom stereocenters. The van der Waals surface area contributed by atoms with Gasteiger partial charge in [-0.25, -0.2) is 0 Å². The average molecular weight is 697 g/mol. The third-order valence-corrected chi connectivity index (χ3v) is 10.5. The molecule has 2 aliphatic heterocycles. The molecule has 5 aromatic rings. The Morgan fingerprint density at radius 1 is 0.731 bits per heavy atom. The van der Waals surface area contributed by atoms with E-state index in [1.165, 1.54) is 4.90 Å². The molecule has 1 saturated heterocycles. The maximum absolute atomic E-state index is 13.0. The van der Waals surface area contributed by atoms with Crippen LogP contribution in [0.4, 0.5) is 0 Å². The molecule has 0 radical (unpaired) electrons. The summed E-state index contributed by atoms with van der Waals surface area (Å²) >= 11 is 0. The second kappa shape index (κ2) is 15.3. The van der Waals surface area contributed by atoms with E-state index in [0.29, 0.717) is 17.7 Å². The number of carbonyl (C=O) groups excluding carboxylic acids is 2. The highest BCUT2D eigenvalue weighted by Gasteiger charge is 2.40. The van der Waals surface area contributed by atoms with Crippen molar-refractivity contribution in [1.82, 2.24) is 9.80 Å². The van der Waals surface area contributed by atoms with E-state index >= 15 is 0 Å². The van der Waals surface area contributed by atoms with Gasteiger partial charge in [-0.15, -0.1) is 0 Å². The Morgan fingerprint density at radius 2 is 1.37 bits per heavy atom. The fraction of sp³-hybridized carbons (Fsp3) is 0.273. The van der Waals surface area contributed by atoms with Gasteiger partial charge in [0.2, 0.25) is 0 Å². The molecule has 5 aromatic carbocycles. The molecule has 8 heteroatoms. The van der Waals surface area contributed by atoms with Crippen LogP contribution in [0.2, 0.25) is 0 Å². The largest absolute Gasteiger partial charge is 0.392 e. The first-order chi connectivity index (χ1) is 25.2. The summed E-state index contributed by atoms with van der Waals surface area (Å²) in [5.41, 5.74) is 7.17. The third-order valence-electron chi connectivity index (χ3n) is 10.5. The fourth-order valence-electron chi connectivity index (χ4n) is 7.23. The lowest BCUT2D eigenvalue weighted by molar-refractivity contribution is -0.276. The number of benzene rings is 5. The molecule has 1 fully saturated rings. The number of amides is 2. The van der Waals surface area contributed by atoms with Crippen molar-refractivity contribution in [3.8, 4) is 11.1 Å². The molecule has 266 valence electrons. The monoisotopic (exact) mass is 696 g/mol. The van der Waals surface area contributed by atoms with Crippen molar-refractivity contribution in [3.05, 3.63) is 166 Å². The van der Waals surface area contributed by atoms with Gasteiger partial charge in [-0.3, -0.25) is 19.4 Å². The van der Waals surface area contributed by atoms with Crippen molar-refractivity contribution >= 4 is 11.8 Å². The zero-order valence-electron chi connectivity index (χ0n) is 29.6. The molecule has 0 aliphatic carbocycles. The first-order valence-electron chi connectivity index (χ1n) is 17.8. The number of ether oxygens (including phenoxy) is 2. The van der Waals surface area contributed by atoms with Crippen molar-refractivity contribution in [2.24, 2.45) is 5.92 Å². The highest BCUT2D eigenvalue weighted by Crippen LogP contribution is 2.43. The molecule has 7 rings (SSSR count). The van der Waals surface area contributed by atoms with Gasteiger partial charge in [0.1, 0.15) is 0 Å². The number of imide groups is 1. The van der Waals surface area contributed by atoms with Crippen LogP contribution in [0, 0.1) is 5.92 Å². The number of carbonyl (C=O) groups is 2. The van der Waals surface area contributed by atoms with Crippen LogP contribution in [-0.4, -0.2) is 57.6 Å². The zero-order chi connectivity index (χ0) is 36.4. The lowest BCUT2D eigenvalue weighted by Gasteiger charge is -2.43. The molecule has 0 spiro atoms. The molecule has 2 heterocycles. The van der Waals surface area contributed by atoms with Crippen LogP contribution in [0.15, 0.2) is 127 Å². The average Bonchev–Trinajstić information content (AvgIpc) is 3.43. The molecule has 52 heavy (non-hydrogen) atoms. The van der Waals surface area contributed by atoms with Gasteiger partial charge in [-0.1, -0.05) is 110 Å². The third kappa shape index (κ3) is 7.21. The molecule has 0 saturated carbocycles. The quantitative estimate of drug-likeness (QED) is 0.138. The Kier molecular flexibility index (Phi) is 10.5. The minimum atomic E-state index is -0.673. The molecule has 2 N–H and O–H groups in total. The second-order valence-corrected chi connectivity index (χ2v) is 13.9. The number of aliphatic hydroxyl groups is 2. The molecule has 0 bridgehead atoms. The SMILES string of the molecule is C[C@H]1[C@@H](CN(C)[C@H](C)[C@@H](O)c2ccccc2)O[C@@H](c2cccc(-c3cccc(CN4C(=O)c5ccccc5C4=O)c3)c2)O[C@H]1c1ccc(CO)cc1. The number of fused-ring (bicyclic) bond motifs is 1. The predicted octanol–water partition coefficient (Wildman–Crippen LogP) is 7.49. The zero-order valence-corrected chi connectivity index (χ0v) is 29.6. The van der Waals surface area contributed by atoms with Gasteiger partial charge < -0.3 is 19.7 Å². The Labute approximate surface area is 304 Å². The number of likely N-dealkylation sites (N-methyl/N-ethyl adjacent to an activating group) is 1. The summed E-state index contributed by atoms with van der Waals surface area (Å²) in [5, 5.41) is 20.9. The van der Waals surface area contributed by atoms with Gasteiger partial charge in [0.25, 0.3) is 11.8 Å². The lowest BCUT2D eigenvalue weighted by Crippen LogP contribution is -2.46. The van der Waals surface area contributed by atoms with E-state index in [1.54, 1.807) is 24.3 Å². The first-order valence-corrected chi connectivity index (χ1v) is 17.8. The van der Waals surface area contributed by atoms with Gasteiger partial charge in [0, 0.05) is 24.1 Å². The van der Waals surface area contributed by atoms with Gasteiger partial charge in [-0.2, -0.15) is 0 Å². The summed E-state index contributed by atoms with van der Waals surface area (Å²) in [4.78, 5) is 29.5. The van der Waals surface area contributed by atoms with Crippen molar-refractivity contribution in [1.29, 1.82) is 0 Å². The minimum Gasteiger partial charge on any atom is -0.392 e. The van der Waals surface area contributed by atoms with Crippen LogP contribution >= 0.6 is 0 Å². The van der Waals surface area contributed by atoms with E-state index in [-0.39, 0.29) is 49.1 Å². The van der Waals surface area contributed by atoms with Crippen molar-refractivity contribution in [2.45, 2.75) is 57.6 Å². The number of aliphatic hydroxyl groups excluding tert-OH is 2. The van der Waals surface area contributed by atoms with Gasteiger partial charge in [0.15, 0.2) is 6.29 Å². The van der Waals surface area contributed by atoms with Crippen molar-refractivity contribution in [2.75, 3.05) is 13.6 Å². The van der Waals surface area contributed by atoms with Crippen LogP contribution in [0.3, 0.4) is 0 Å². The highest BCUT2D eigenvalue weighted by atomic mass is 16.7. The molecule has 2 amide bonds. The lowest BCUT2D eigenvalue weighted by atomic mass is 9.89. The molecule has 6 atom stereocenters. The standard InChI is InChI=1S/C44H44N2O6/c1-28-39(26-45(3)29(2)40(48)32-12-5-4-6-13-32)51-44(52-41(28)33-21-19-30(27-47)20-22-33)36-16-10-15-35(24-36)34-14-9-11-31(23-34)25-46-42(49)37-17-7-8-18-38(37)43(46)50/h4-24,28-29,39-41,44,47-48H,25-27H2,1-3H3/t28-,29+,39+,40+,41+,44+/m0/s1. The topological polar surface area (TPSA) is 99.5 Å². The highest BCUT2D eigenvalue weighted by molar-refractivity contribution is 6.21. The van der Waals surface area contributed by atoms with E-state index in [1.807, 2.05) is 111 Å². The van der Waals surface area contributed by atoms with Gasteiger partial charge in [0.05, 0.1) is 42.6 Å². The van der Waals surface area contributed by atoms with E-state index in [0.717, 1.165) is 38.9 Å². The smallest absolute Gasteiger partial charge is 0.261 e. The summed E-state index contributed by atoms with van der Waals surface area (Å²) in [5.74, 6) is -0.584. The Hall–Kier alpha value is -4.96. The van der Waals surface area contributed by atoms with Crippen molar-refractivity contribution < 1.29 is 29.3 Å². The summed E-state index contributed by atoms with van der Waals surface area (Å²) in [6.07, 6.45) is -1.86. The van der Waals surface area contributed by atoms with Crippen LogP contribution in [0.25, 0.3) is 11.1 Å². The normalized spacial score (nSPS) is 21.3. The van der Waals surface area contributed by atoms with Crippen LogP contribution in [-0.2, 0) is 22.6 Å². The maximum Gasteiger partial charge on any atom is 0.261 e. The molecule has 2 aliphatic rings. The van der Waals surface area contributed by atoms with Crippen LogP contribution in [0.5, 0.6) is 0 Å². The van der Waals surface area contributed by atoms with E-state index in [2.05, 4.69) is 17.9 Å². The number of nitrogens with zero attached hydrogens (tertiary/aromatic N) is 2. The maximum atomic E-state index is 13.0. The van der Waals surface area contributed by atoms with Crippen LogP contribution in [0.1, 0.15) is 80.9 Å². The fourth-order valence-corrected chi connectivity index (χ4v) is 7.23. The molecule has 0 aromatic heterocycles. The Bertz CT molecular complexity index is 2000. The Morgan fingerprint density at radius 3 is 2.04 bits per heavy atom. The second-order valence-electron chi connectivity index (χ2n) is 13.9. The summed E-state index contributed by atoms with van der Waals surface area (Å²) in [6, 6.07) is 40.3. The first kappa shape index (κ1) is 35.4. The molecular formula is C44H44N2O6. The molecular weight excluding hydrogens is 652 g/mol.